The molecular formula is C15H15N3O3. The molecule has 1 aliphatic rings. The van der Waals surface area contributed by atoms with Crippen LogP contribution in [-0.4, -0.2) is 12.8 Å². The molecule has 0 unspecified atom stereocenters. The Morgan fingerprint density at radius 1 is 1.10 bits per heavy atom. The molecule has 3 rings (SSSR count). The van der Waals surface area contributed by atoms with Gasteiger partial charge < -0.3 is 25.8 Å². The molecule has 6 heteroatoms. The third-order valence-electron chi connectivity index (χ3n) is 3.09. The van der Waals surface area contributed by atoms with Gasteiger partial charge >= 0.3 is 6.03 Å². The van der Waals surface area contributed by atoms with Crippen LogP contribution < -0.4 is 25.8 Å². The van der Waals surface area contributed by atoms with E-state index < -0.39 is 0 Å². The van der Waals surface area contributed by atoms with Crippen molar-refractivity contribution < 1.29 is 14.3 Å². The van der Waals surface area contributed by atoms with Crippen molar-refractivity contribution in [1.29, 1.82) is 0 Å². The van der Waals surface area contributed by atoms with Gasteiger partial charge in [-0.3, -0.25) is 0 Å². The van der Waals surface area contributed by atoms with Crippen molar-refractivity contribution in [2.45, 2.75) is 6.92 Å². The van der Waals surface area contributed by atoms with Gasteiger partial charge in [-0.25, -0.2) is 4.79 Å². The minimum Gasteiger partial charge on any atom is -0.454 e. The molecule has 1 heterocycles. The third kappa shape index (κ3) is 2.84. The molecule has 0 aliphatic carbocycles. The molecule has 2 amide bonds. The Labute approximate surface area is 121 Å². The fourth-order valence-electron chi connectivity index (χ4n) is 2.04. The summed E-state index contributed by atoms with van der Waals surface area (Å²) in [5, 5.41) is 5.45. The van der Waals surface area contributed by atoms with Crippen molar-refractivity contribution in [3.8, 4) is 11.5 Å². The number of carbonyl (C=O) groups is 1. The molecule has 0 aromatic heterocycles. The van der Waals surface area contributed by atoms with E-state index in [-0.39, 0.29) is 12.8 Å². The number of amides is 2. The van der Waals surface area contributed by atoms with Gasteiger partial charge in [-0.1, -0.05) is 6.07 Å². The maximum atomic E-state index is 12.0. The summed E-state index contributed by atoms with van der Waals surface area (Å²) in [7, 11) is 0. The number of anilines is 3. The Balaban J connectivity index is 1.70. The second-order valence-corrected chi connectivity index (χ2v) is 4.74. The van der Waals surface area contributed by atoms with E-state index in [0.29, 0.717) is 28.6 Å². The Kier molecular flexibility index (Phi) is 3.27. The van der Waals surface area contributed by atoms with Gasteiger partial charge in [0.25, 0.3) is 0 Å². The van der Waals surface area contributed by atoms with Crippen LogP contribution in [-0.2, 0) is 0 Å². The molecule has 4 N–H and O–H groups in total. The minimum absolute atomic E-state index is 0.199. The quantitative estimate of drug-likeness (QED) is 0.740. The van der Waals surface area contributed by atoms with Gasteiger partial charge in [-0.2, -0.15) is 0 Å². The number of fused-ring (bicyclic) bond motifs is 1. The average molecular weight is 285 g/mol. The molecule has 21 heavy (non-hydrogen) atoms. The Morgan fingerprint density at radius 2 is 1.90 bits per heavy atom. The lowest BCUT2D eigenvalue weighted by molar-refractivity contribution is 0.174. The van der Waals surface area contributed by atoms with Gasteiger partial charge in [0.1, 0.15) is 0 Å². The molecule has 0 atom stereocenters. The normalized spacial score (nSPS) is 12.0. The number of nitrogens with two attached hydrogens (primary N) is 1. The van der Waals surface area contributed by atoms with Crippen molar-refractivity contribution in [3.63, 3.8) is 0 Å². The van der Waals surface area contributed by atoms with Crippen LogP contribution >= 0.6 is 0 Å². The highest BCUT2D eigenvalue weighted by Gasteiger charge is 2.14. The van der Waals surface area contributed by atoms with Crippen LogP contribution in [0.25, 0.3) is 0 Å². The number of ether oxygens (including phenoxy) is 2. The molecular weight excluding hydrogens is 270 g/mol. The maximum Gasteiger partial charge on any atom is 0.323 e. The number of nitrogens with one attached hydrogen (secondary N) is 2. The molecule has 2 aromatic rings. The van der Waals surface area contributed by atoms with Gasteiger partial charge in [-0.05, 0) is 36.8 Å². The molecule has 108 valence electrons. The second kappa shape index (κ2) is 5.24. The van der Waals surface area contributed by atoms with Gasteiger partial charge in [0, 0.05) is 11.8 Å². The summed E-state index contributed by atoms with van der Waals surface area (Å²) in [6.45, 7) is 2.13. The lowest BCUT2D eigenvalue weighted by atomic mass is 10.2. The molecule has 0 fully saturated rings. The fourth-order valence-corrected chi connectivity index (χ4v) is 2.04. The van der Waals surface area contributed by atoms with Crippen LogP contribution in [0.3, 0.4) is 0 Å². The highest BCUT2D eigenvalue weighted by atomic mass is 16.7. The molecule has 6 nitrogen and oxygen atoms in total. The molecule has 0 saturated heterocycles. The molecule has 1 aliphatic heterocycles. The zero-order chi connectivity index (χ0) is 14.8. The van der Waals surface area contributed by atoms with E-state index >= 15 is 0 Å². The highest BCUT2D eigenvalue weighted by Crippen LogP contribution is 2.34. The average Bonchev–Trinajstić information content (AvgIpc) is 2.90. The Bertz CT molecular complexity index is 701. The summed E-state index contributed by atoms with van der Waals surface area (Å²) < 4.78 is 10.5. The topological polar surface area (TPSA) is 85.6 Å². The summed E-state index contributed by atoms with van der Waals surface area (Å²) in [4.78, 5) is 12.0. The molecule has 0 spiro atoms. The zero-order valence-electron chi connectivity index (χ0n) is 11.5. The van der Waals surface area contributed by atoms with Gasteiger partial charge in [0.05, 0.1) is 11.4 Å². The molecule has 0 saturated carbocycles. The third-order valence-corrected chi connectivity index (χ3v) is 3.09. The van der Waals surface area contributed by atoms with E-state index in [1.165, 1.54) is 0 Å². The number of carbonyl (C=O) groups excluding carboxylic acids is 1. The summed E-state index contributed by atoms with van der Waals surface area (Å²) in [6.07, 6.45) is 0. The smallest absolute Gasteiger partial charge is 0.323 e. The van der Waals surface area contributed by atoms with Crippen LogP contribution in [0.1, 0.15) is 5.56 Å². The van der Waals surface area contributed by atoms with Crippen LogP contribution in [0, 0.1) is 6.92 Å². The predicted molar refractivity (Wildman–Crippen MR) is 80.8 cm³/mol. The zero-order valence-corrected chi connectivity index (χ0v) is 11.5. The minimum atomic E-state index is -0.369. The van der Waals surface area contributed by atoms with E-state index in [4.69, 9.17) is 15.2 Å². The van der Waals surface area contributed by atoms with Crippen molar-refractivity contribution in [2.24, 2.45) is 0 Å². The number of nitrogen functional groups attached to an aromatic ring is 1. The largest absolute Gasteiger partial charge is 0.454 e. The van der Waals surface area contributed by atoms with Crippen LogP contribution in [0.4, 0.5) is 21.9 Å². The van der Waals surface area contributed by atoms with E-state index in [1.54, 1.807) is 24.3 Å². The fraction of sp³-hybridized carbons (Fsp3) is 0.133. The first-order chi connectivity index (χ1) is 10.1. The van der Waals surface area contributed by atoms with Gasteiger partial charge in [-0.15, -0.1) is 0 Å². The highest BCUT2D eigenvalue weighted by molar-refractivity contribution is 6.01. The van der Waals surface area contributed by atoms with Crippen molar-refractivity contribution in [1.82, 2.24) is 0 Å². The first kappa shape index (κ1) is 13.1. The number of hydrogen-bond donors (Lipinski definition) is 3. The number of rotatable bonds is 2. The van der Waals surface area contributed by atoms with E-state index in [9.17, 15) is 4.79 Å². The summed E-state index contributed by atoms with van der Waals surface area (Å²) in [5.41, 5.74) is 8.55. The van der Waals surface area contributed by atoms with Crippen LogP contribution in [0.15, 0.2) is 36.4 Å². The van der Waals surface area contributed by atoms with E-state index in [0.717, 1.165) is 5.56 Å². The van der Waals surface area contributed by atoms with Crippen LogP contribution in [0.5, 0.6) is 11.5 Å². The van der Waals surface area contributed by atoms with Crippen molar-refractivity contribution >= 4 is 23.1 Å². The van der Waals surface area contributed by atoms with E-state index in [1.807, 2.05) is 19.1 Å². The lowest BCUT2D eigenvalue weighted by Crippen LogP contribution is -2.20. The first-order valence-electron chi connectivity index (χ1n) is 6.45. The van der Waals surface area contributed by atoms with Crippen LogP contribution in [0.2, 0.25) is 0 Å². The number of aryl methyl sites for hydroxylation is 1. The number of urea groups is 1. The molecule has 0 radical (unpaired) electrons. The number of benzene rings is 2. The van der Waals surface area contributed by atoms with Gasteiger partial charge in [0.2, 0.25) is 6.79 Å². The monoisotopic (exact) mass is 285 g/mol. The summed E-state index contributed by atoms with van der Waals surface area (Å²) in [5.74, 6) is 1.28. The van der Waals surface area contributed by atoms with Crippen molar-refractivity contribution in [2.75, 3.05) is 23.2 Å². The standard InChI is InChI=1S/C15H15N3O3/c1-9-2-4-11(16)12(6-9)18-15(19)17-10-3-5-13-14(7-10)21-8-20-13/h2-7H,8,16H2,1H3,(H2,17,18,19). The summed E-state index contributed by atoms with van der Waals surface area (Å²) >= 11 is 0. The maximum absolute atomic E-state index is 12.0. The summed E-state index contributed by atoms with van der Waals surface area (Å²) in [6, 6.07) is 10.3. The Hall–Kier alpha value is -2.89. The predicted octanol–water partition coefficient (Wildman–Crippen LogP) is 2.95. The Morgan fingerprint density at radius 3 is 2.76 bits per heavy atom. The first-order valence-corrected chi connectivity index (χ1v) is 6.45. The lowest BCUT2D eigenvalue weighted by Gasteiger charge is -2.10. The molecule has 0 bridgehead atoms. The van der Waals surface area contributed by atoms with Crippen molar-refractivity contribution in [3.05, 3.63) is 42.0 Å². The second-order valence-electron chi connectivity index (χ2n) is 4.74. The van der Waals surface area contributed by atoms with Gasteiger partial charge in [0.15, 0.2) is 11.5 Å². The van der Waals surface area contributed by atoms with E-state index in [2.05, 4.69) is 10.6 Å². The SMILES string of the molecule is Cc1ccc(N)c(NC(=O)Nc2ccc3c(c2)OCO3)c1. The molecule has 2 aromatic carbocycles. The number of hydrogen-bond acceptors (Lipinski definition) is 4.